The molecule has 0 spiro atoms. The van der Waals surface area contributed by atoms with Gasteiger partial charge in [0, 0.05) is 7.11 Å². The summed E-state index contributed by atoms with van der Waals surface area (Å²) in [7, 11) is -2.95. The number of ether oxygens (including phenoxy) is 1. The van der Waals surface area contributed by atoms with Gasteiger partial charge in [0.15, 0.2) is 0 Å². The van der Waals surface area contributed by atoms with Crippen molar-refractivity contribution in [2.75, 3.05) is 13.7 Å². The first-order valence-corrected chi connectivity index (χ1v) is 5.67. The molecule has 0 amide bonds. The van der Waals surface area contributed by atoms with Crippen LogP contribution in [0.25, 0.3) is 0 Å². The number of hydrogen-bond acceptors (Lipinski definition) is 3. The molecule has 0 aromatic rings. The fraction of sp³-hybridized carbons (Fsp3) is 1.00. The van der Waals surface area contributed by atoms with Crippen LogP contribution in [0.4, 0.5) is 0 Å². The van der Waals surface area contributed by atoms with Gasteiger partial charge in [-0.15, -0.1) is 0 Å². The second kappa shape index (κ2) is 5.08. The first-order valence-electron chi connectivity index (χ1n) is 4.14. The van der Waals surface area contributed by atoms with Gasteiger partial charge in [-0.05, 0) is 12.8 Å². The third-order valence-corrected chi connectivity index (χ3v) is 2.63. The minimum atomic E-state index is -4.43. The number of rotatable bonds is 6. The van der Waals surface area contributed by atoms with Crippen molar-refractivity contribution in [3.63, 3.8) is 0 Å². The van der Waals surface area contributed by atoms with Gasteiger partial charge < -0.3 is 14.5 Å². The molecule has 0 aromatic heterocycles. The minimum absolute atomic E-state index is 0.186. The molecule has 0 fully saturated rings. The van der Waals surface area contributed by atoms with E-state index in [0.29, 0.717) is 12.8 Å². The lowest BCUT2D eigenvalue weighted by Gasteiger charge is -2.30. The van der Waals surface area contributed by atoms with E-state index < -0.39 is 13.4 Å². The van der Waals surface area contributed by atoms with Gasteiger partial charge in [0.25, 0.3) is 0 Å². The molecule has 0 aromatic carbocycles. The zero-order valence-corrected chi connectivity index (χ0v) is 9.08. The Morgan fingerprint density at radius 2 is 1.77 bits per heavy atom. The first kappa shape index (κ1) is 13.1. The lowest BCUT2D eigenvalue weighted by molar-refractivity contribution is -0.0336. The maximum absolute atomic E-state index is 10.7. The summed E-state index contributed by atoms with van der Waals surface area (Å²) in [6.45, 7) is 3.79. The van der Waals surface area contributed by atoms with Crippen LogP contribution in [0.3, 0.4) is 0 Å². The number of phosphoric ester groups is 1. The second-order valence-corrected chi connectivity index (χ2v) is 4.07. The fourth-order valence-electron chi connectivity index (χ4n) is 1.12. The molecule has 80 valence electrons. The molecule has 0 aliphatic heterocycles. The summed E-state index contributed by atoms with van der Waals surface area (Å²) in [5, 5.41) is 0. The van der Waals surface area contributed by atoms with Gasteiger partial charge in [0.2, 0.25) is 0 Å². The van der Waals surface area contributed by atoms with Crippen molar-refractivity contribution in [1.82, 2.24) is 0 Å². The zero-order valence-electron chi connectivity index (χ0n) is 8.19. The standard InChI is InChI=1S/C7H17O5P/c1-4-7(5-2,6-11-3)12-13(8,9)10/h4-6H2,1-3H3,(H2,8,9,10). The summed E-state index contributed by atoms with van der Waals surface area (Å²) in [5.41, 5.74) is -0.867. The van der Waals surface area contributed by atoms with Gasteiger partial charge in [-0.25, -0.2) is 4.57 Å². The van der Waals surface area contributed by atoms with Crippen LogP contribution >= 0.6 is 7.82 Å². The van der Waals surface area contributed by atoms with Crippen LogP contribution in [0.5, 0.6) is 0 Å². The van der Waals surface area contributed by atoms with Gasteiger partial charge in [-0.1, -0.05) is 13.8 Å². The average molecular weight is 212 g/mol. The monoisotopic (exact) mass is 212 g/mol. The van der Waals surface area contributed by atoms with Gasteiger partial charge in [0.05, 0.1) is 6.61 Å². The van der Waals surface area contributed by atoms with Crippen molar-refractivity contribution in [3.05, 3.63) is 0 Å². The van der Waals surface area contributed by atoms with E-state index >= 15 is 0 Å². The Bertz CT molecular complexity index is 183. The lowest BCUT2D eigenvalue weighted by atomic mass is 9.99. The SMILES string of the molecule is CCC(CC)(COC)OP(=O)(O)O. The topological polar surface area (TPSA) is 76.0 Å². The first-order chi connectivity index (χ1) is 5.89. The van der Waals surface area contributed by atoms with E-state index in [9.17, 15) is 4.57 Å². The van der Waals surface area contributed by atoms with E-state index in [1.165, 1.54) is 7.11 Å². The van der Waals surface area contributed by atoms with E-state index in [-0.39, 0.29) is 6.61 Å². The molecule has 0 atom stereocenters. The van der Waals surface area contributed by atoms with Crippen molar-refractivity contribution in [2.24, 2.45) is 0 Å². The van der Waals surface area contributed by atoms with Gasteiger partial charge >= 0.3 is 7.82 Å². The van der Waals surface area contributed by atoms with Crippen molar-refractivity contribution >= 4 is 7.82 Å². The molecule has 0 unspecified atom stereocenters. The molecular weight excluding hydrogens is 195 g/mol. The van der Waals surface area contributed by atoms with Gasteiger partial charge in [-0.3, -0.25) is 4.52 Å². The molecule has 0 aliphatic carbocycles. The highest BCUT2D eigenvalue weighted by atomic mass is 31.2. The Morgan fingerprint density at radius 3 is 2.00 bits per heavy atom. The Kier molecular flexibility index (Phi) is 5.10. The molecule has 0 heterocycles. The Labute approximate surface area is 78.3 Å². The molecule has 0 radical (unpaired) electrons. The summed E-state index contributed by atoms with van der Waals surface area (Å²) >= 11 is 0. The number of methoxy groups -OCH3 is 1. The maximum atomic E-state index is 10.7. The molecule has 0 rings (SSSR count). The molecule has 5 nitrogen and oxygen atoms in total. The van der Waals surface area contributed by atoms with E-state index in [1.807, 2.05) is 0 Å². The second-order valence-electron chi connectivity index (χ2n) is 2.90. The highest BCUT2D eigenvalue weighted by Gasteiger charge is 2.34. The Hall–Kier alpha value is 0.0700. The molecule has 0 aliphatic rings. The molecule has 6 heteroatoms. The zero-order chi connectivity index (χ0) is 10.5. The van der Waals surface area contributed by atoms with Crippen LogP contribution in [0.2, 0.25) is 0 Å². The molecule has 0 bridgehead atoms. The van der Waals surface area contributed by atoms with Crippen LogP contribution in [0.1, 0.15) is 26.7 Å². The summed E-state index contributed by atoms with van der Waals surface area (Å²) < 4.78 is 20.2. The van der Waals surface area contributed by atoms with Gasteiger partial charge in [-0.2, -0.15) is 0 Å². The van der Waals surface area contributed by atoms with Crippen LogP contribution in [-0.4, -0.2) is 29.1 Å². The maximum Gasteiger partial charge on any atom is 0.470 e. The number of hydrogen-bond donors (Lipinski definition) is 2. The molecule has 0 saturated heterocycles. The summed E-state index contributed by atoms with van der Waals surface area (Å²) in [6, 6.07) is 0. The van der Waals surface area contributed by atoms with Crippen LogP contribution in [0, 0.1) is 0 Å². The van der Waals surface area contributed by atoms with Crippen LogP contribution in [-0.2, 0) is 13.8 Å². The highest BCUT2D eigenvalue weighted by molar-refractivity contribution is 7.46. The Morgan fingerprint density at radius 1 is 1.31 bits per heavy atom. The predicted octanol–water partition coefficient (Wildman–Crippen LogP) is 1.30. The molecule has 2 N–H and O–H groups in total. The molecular formula is C7H17O5P. The third kappa shape index (κ3) is 4.74. The van der Waals surface area contributed by atoms with Crippen LogP contribution < -0.4 is 0 Å². The Balaban J connectivity index is 4.47. The van der Waals surface area contributed by atoms with Crippen LogP contribution in [0.15, 0.2) is 0 Å². The third-order valence-electron chi connectivity index (χ3n) is 2.01. The number of phosphoric acid groups is 1. The highest BCUT2D eigenvalue weighted by Crippen LogP contribution is 2.43. The van der Waals surface area contributed by atoms with Crippen molar-refractivity contribution < 1.29 is 23.6 Å². The summed E-state index contributed by atoms with van der Waals surface area (Å²) in [6.07, 6.45) is 1.00. The largest absolute Gasteiger partial charge is 0.470 e. The quantitative estimate of drug-likeness (QED) is 0.649. The average Bonchev–Trinajstić information content (AvgIpc) is 2.01. The van der Waals surface area contributed by atoms with Crippen molar-refractivity contribution in [3.8, 4) is 0 Å². The van der Waals surface area contributed by atoms with Gasteiger partial charge in [0.1, 0.15) is 5.60 Å². The van der Waals surface area contributed by atoms with E-state index in [0.717, 1.165) is 0 Å². The predicted molar refractivity (Wildman–Crippen MR) is 48.3 cm³/mol. The summed E-state index contributed by atoms with van der Waals surface area (Å²) in [4.78, 5) is 17.4. The van der Waals surface area contributed by atoms with E-state index in [2.05, 4.69) is 0 Å². The molecule has 13 heavy (non-hydrogen) atoms. The lowest BCUT2D eigenvalue weighted by Crippen LogP contribution is -2.35. The summed E-state index contributed by atoms with van der Waals surface area (Å²) in [5.74, 6) is 0. The van der Waals surface area contributed by atoms with E-state index in [4.69, 9.17) is 19.0 Å². The molecule has 0 saturated carbocycles. The smallest absolute Gasteiger partial charge is 0.382 e. The van der Waals surface area contributed by atoms with Crippen molar-refractivity contribution in [2.45, 2.75) is 32.3 Å². The fourth-order valence-corrected chi connectivity index (χ4v) is 1.94. The minimum Gasteiger partial charge on any atom is -0.382 e. The van der Waals surface area contributed by atoms with Crippen molar-refractivity contribution in [1.29, 1.82) is 0 Å². The van der Waals surface area contributed by atoms with E-state index in [1.54, 1.807) is 13.8 Å². The normalized spacial score (nSPS) is 13.3.